The summed E-state index contributed by atoms with van der Waals surface area (Å²) in [7, 11) is 1.52. The summed E-state index contributed by atoms with van der Waals surface area (Å²) in [6.45, 7) is 1.69. The summed E-state index contributed by atoms with van der Waals surface area (Å²) in [5.74, 6) is -0.123. The van der Waals surface area contributed by atoms with E-state index >= 15 is 0 Å². The Morgan fingerprint density at radius 1 is 1.54 bits per heavy atom. The van der Waals surface area contributed by atoms with Crippen LogP contribution in [0, 0.1) is 0 Å². The predicted octanol–water partition coefficient (Wildman–Crippen LogP) is 0.343. The molecule has 0 aromatic carbocycles. The molecule has 74 valence electrons. The van der Waals surface area contributed by atoms with Crippen LogP contribution in [-0.4, -0.2) is 47.7 Å². The lowest BCUT2D eigenvalue weighted by Crippen LogP contribution is -2.38. The zero-order chi connectivity index (χ0) is 10.0. The normalized spacial score (nSPS) is 27.7. The number of hydrogen-bond acceptors (Lipinski definition) is 3. The third-order valence-electron chi connectivity index (χ3n) is 2.31. The molecule has 1 N–H and O–H groups in total. The van der Waals surface area contributed by atoms with Crippen LogP contribution < -0.4 is 0 Å². The number of methoxy groups -OCH3 is 1. The van der Waals surface area contributed by atoms with Gasteiger partial charge in [-0.2, -0.15) is 0 Å². The Bertz CT molecular complexity index is 206. The third-order valence-corrected chi connectivity index (χ3v) is 2.31. The minimum absolute atomic E-state index is 0.123. The van der Waals surface area contributed by atoms with E-state index in [1.165, 1.54) is 14.0 Å². The van der Waals surface area contributed by atoms with Crippen LogP contribution >= 0.6 is 0 Å². The van der Waals surface area contributed by atoms with Crippen molar-refractivity contribution in [3.05, 3.63) is 0 Å². The largest absolute Gasteiger partial charge is 0.465 e. The number of carbonyl (C=O) groups is 2. The first-order valence-electron chi connectivity index (χ1n) is 4.09. The Morgan fingerprint density at radius 3 is 2.46 bits per heavy atom. The van der Waals surface area contributed by atoms with Crippen LogP contribution in [-0.2, 0) is 9.53 Å². The average molecular weight is 187 g/mol. The van der Waals surface area contributed by atoms with Crippen molar-refractivity contribution in [2.45, 2.75) is 25.5 Å². The van der Waals surface area contributed by atoms with Crippen LogP contribution in [0.25, 0.3) is 0 Å². The van der Waals surface area contributed by atoms with Crippen molar-refractivity contribution in [2.75, 3.05) is 13.7 Å². The number of carbonyl (C=O) groups excluding carboxylic acids is 1. The fraction of sp³-hybridized carbons (Fsp3) is 0.750. The van der Waals surface area contributed by atoms with Gasteiger partial charge in [0.25, 0.3) is 0 Å². The standard InChI is InChI=1S/C8H13NO4/c1-5(10)7-3-6(13-2)4-9(7)8(11)12/h6-7H,3-4H2,1-2H3,(H,11,12)/t6-,7+/m1/s1. The number of nitrogens with zero attached hydrogens (tertiary/aromatic N) is 1. The van der Waals surface area contributed by atoms with Crippen LogP contribution in [0.15, 0.2) is 0 Å². The fourth-order valence-corrected chi connectivity index (χ4v) is 1.57. The Hall–Kier alpha value is -1.10. The summed E-state index contributed by atoms with van der Waals surface area (Å²) in [6, 6.07) is -0.526. The van der Waals surface area contributed by atoms with Crippen LogP contribution in [0.1, 0.15) is 13.3 Å². The Kier molecular flexibility index (Phi) is 2.87. The molecule has 5 nitrogen and oxygen atoms in total. The molecule has 1 amide bonds. The number of likely N-dealkylation sites (tertiary alicyclic amines) is 1. The van der Waals surface area contributed by atoms with Crippen molar-refractivity contribution < 1.29 is 19.4 Å². The summed E-state index contributed by atoms with van der Waals surface area (Å²) < 4.78 is 5.01. The van der Waals surface area contributed by atoms with Gasteiger partial charge in [-0.15, -0.1) is 0 Å². The third kappa shape index (κ3) is 1.98. The second-order valence-corrected chi connectivity index (χ2v) is 3.15. The number of rotatable bonds is 2. The van der Waals surface area contributed by atoms with E-state index in [0.29, 0.717) is 6.42 Å². The highest BCUT2D eigenvalue weighted by molar-refractivity contribution is 5.85. The van der Waals surface area contributed by atoms with Gasteiger partial charge in [-0.25, -0.2) is 4.79 Å². The van der Waals surface area contributed by atoms with Crippen LogP contribution in [0.4, 0.5) is 4.79 Å². The van der Waals surface area contributed by atoms with Crippen molar-refractivity contribution in [2.24, 2.45) is 0 Å². The van der Waals surface area contributed by atoms with E-state index in [9.17, 15) is 9.59 Å². The molecule has 2 atom stereocenters. The maximum atomic E-state index is 11.1. The van der Waals surface area contributed by atoms with Gasteiger partial charge in [-0.05, 0) is 6.92 Å². The molecule has 0 aromatic rings. The first kappa shape index (κ1) is 9.98. The van der Waals surface area contributed by atoms with Crippen LogP contribution in [0.5, 0.6) is 0 Å². The maximum absolute atomic E-state index is 11.1. The lowest BCUT2D eigenvalue weighted by atomic mass is 10.1. The van der Waals surface area contributed by atoms with E-state index in [4.69, 9.17) is 9.84 Å². The molecule has 13 heavy (non-hydrogen) atoms. The number of carboxylic acid groups (broad SMARTS) is 1. The molecule has 0 aliphatic carbocycles. The molecule has 5 heteroatoms. The summed E-state index contributed by atoms with van der Waals surface area (Å²) in [5.41, 5.74) is 0. The SMILES string of the molecule is CO[C@@H]1C[C@@H](C(C)=O)N(C(=O)O)C1. The smallest absolute Gasteiger partial charge is 0.408 e. The van der Waals surface area contributed by atoms with Crippen LogP contribution in [0.2, 0.25) is 0 Å². The molecular formula is C8H13NO4. The molecule has 1 aliphatic rings. The highest BCUT2D eigenvalue weighted by Crippen LogP contribution is 2.20. The van der Waals surface area contributed by atoms with E-state index in [2.05, 4.69) is 0 Å². The number of ether oxygens (including phenoxy) is 1. The van der Waals surface area contributed by atoms with Gasteiger partial charge in [0.1, 0.15) is 0 Å². The summed E-state index contributed by atoms with van der Waals surface area (Å²) in [5, 5.41) is 8.76. The molecule has 0 radical (unpaired) electrons. The average Bonchev–Trinajstić information content (AvgIpc) is 2.47. The van der Waals surface area contributed by atoms with Gasteiger partial charge in [0.05, 0.1) is 18.7 Å². The monoisotopic (exact) mass is 187 g/mol. The van der Waals surface area contributed by atoms with Gasteiger partial charge in [-0.1, -0.05) is 0 Å². The minimum Gasteiger partial charge on any atom is -0.465 e. The molecule has 1 heterocycles. The Balaban J connectivity index is 2.71. The molecule has 0 spiro atoms. The first-order valence-corrected chi connectivity index (χ1v) is 4.09. The summed E-state index contributed by atoms with van der Waals surface area (Å²) in [6.07, 6.45) is -0.734. The summed E-state index contributed by atoms with van der Waals surface area (Å²) >= 11 is 0. The molecule has 1 aliphatic heterocycles. The van der Waals surface area contributed by atoms with Crippen molar-refractivity contribution in [1.82, 2.24) is 4.90 Å². The topological polar surface area (TPSA) is 66.8 Å². The zero-order valence-corrected chi connectivity index (χ0v) is 7.69. The van der Waals surface area contributed by atoms with E-state index in [-0.39, 0.29) is 18.4 Å². The maximum Gasteiger partial charge on any atom is 0.408 e. The van der Waals surface area contributed by atoms with Crippen LogP contribution in [0.3, 0.4) is 0 Å². The Labute approximate surface area is 76.3 Å². The number of hydrogen-bond donors (Lipinski definition) is 1. The van der Waals surface area contributed by atoms with Crippen molar-refractivity contribution in [1.29, 1.82) is 0 Å². The highest BCUT2D eigenvalue weighted by Gasteiger charge is 2.37. The van der Waals surface area contributed by atoms with E-state index in [1.807, 2.05) is 0 Å². The molecule has 0 saturated carbocycles. The van der Waals surface area contributed by atoms with Gasteiger partial charge < -0.3 is 9.84 Å². The molecule has 1 rings (SSSR count). The van der Waals surface area contributed by atoms with Gasteiger partial charge in [-0.3, -0.25) is 9.69 Å². The number of amides is 1. The van der Waals surface area contributed by atoms with Crippen molar-refractivity contribution in [3.63, 3.8) is 0 Å². The first-order chi connectivity index (χ1) is 6.06. The van der Waals surface area contributed by atoms with Gasteiger partial charge in [0.15, 0.2) is 5.78 Å². The molecule has 0 aromatic heterocycles. The highest BCUT2D eigenvalue weighted by atomic mass is 16.5. The molecular weight excluding hydrogens is 174 g/mol. The predicted molar refractivity (Wildman–Crippen MR) is 44.6 cm³/mol. The van der Waals surface area contributed by atoms with E-state index < -0.39 is 12.1 Å². The van der Waals surface area contributed by atoms with E-state index in [0.717, 1.165) is 4.90 Å². The number of Topliss-reactive ketones (excluding diaryl/α,β-unsaturated/α-hetero) is 1. The lowest BCUT2D eigenvalue weighted by Gasteiger charge is -2.17. The minimum atomic E-state index is -1.06. The molecule has 1 fully saturated rings. The zero-order valence-electron chi connectivity index (χ0n) is 7.69. The number of ketones is 1. The molecule has 0 unspecified atom stereocenters. The lowest BCUT2D eigenvalue weighted by molar-refractivity contribution is -0.120. The fourth-order valence-electron chi connectivity index (χ4n) is 1.57. The van der Waals surface area contributed by atoms with Crippen molar-refractivity contribution >= 4 is 11.9 Å². The van der Waals surface area contributed by atoms with Gasteiger partial charge in [0.2, 0.25) is 0 Å². The second-order valence-electron chi connectivity index (χ2n) is 3.15. The van der Waals surface area contributed by atoms with Gasteiger partial charge >= 0.3 is 6.09 Å². The quantitative estimate of drug-likeness (QED) is 0.677. The molecule has 1 saturated heterocycles. The van der Waals surface area contributed by atoms with Gasteiger partial charge in [0, 0.05) is 13.5 Å². The Morgan fingerprint density at radius 2 is 2.15 bits per heavy atom. The van der Waals surface area contributed by atoms with Crippen molar-refractivity contribution in [3.8, 4) is 0 Å². The summed E-state index contributed by atoms with van der Waals surface area (Å²) in [4.78, 5) is 22.9. The molecule has 0 bridgehead atoms. The second kappa shape index (κ2) is 3.74. The van der Waals surface area contributed by atoms with E-state index in [1.54, 1.807) is 0 Å².